The molecule has 2 aromatic rings. The van der Waals surface area contributed by atoms with Crippen LogP contribution in [0.2, 0.25) is 0 Å². The molecule has 0 aliphatic carbocycles. The van der Waals surface area contributed by atoms with Crippen molar-refractivity contribution in [1.29, 1.82) is 0 Å². The molecule has 1 atom stereocenters. The van der Waals surface area contributed by atoms with E-state index in [2.05, 4.69) is 53.1 Å². The highest BCUT2D eigenvalue weighted by Crippen LogP contribution is 2.28. The fraction of sp³-hybridized carbons (Fsp3) is 0.529. The van der Waals surface area contributed by atoms with Gasteiger partial charge in [-0.3, -0.25) is 4.90 Å². The van der Waals surface area contributed by atoms with Crippen LogP contribution in [0.3, 0.4) is 0 Å². The molecule has 0 spiro atoms. The molecule has 4 heteroatoms. The van der Waals surface area contributed by atoms with Crippen LogP contribution >= 0.6 is 0 Å². The lowest BCUT2D eigenvalue weighted by Gasteiger charge is -2.32. The van der Waals surface area contributed by atoms with E-state index in [1.165, 1.54) is 30.5 Å². The minimum absolute atomic E-state index is 0.650. The summed E-state index contributed by atoms with van der Waals surface area (Å²) in [5, 5.41) is 4.27. The Bertz CT molecular complexity index is 590. The number of nitrogens with zero attached hydrogens (tertiary/aromatic N) is 4. The zero-order valence-corrected chi connectivity index (χ0v) is 13.0. The van der Waals surface area contributed by atoms with Gasteiger partial charge in [-0.25, -0.2) is 9.67 Å². The van der Waals surface area contributed by atoms with Gasteiger partial charge >= 0.3 is 0 Å². The molecule has 0 saturated carbocycles. The van der Waals surface area contributed by atoms with Crippen molar-refractivity contribution in [2.24, 2.45) is 0 Å². The molecule has 0 unspecified atom stereocenters. The molecule has 0 radical (unpaired) electrons. The van der Waals surface area contributed by atoms with Gasteiger partial charge in [0, 0.05) is 13.1 Å². The largest absolute Gasteiger partial charge is 0.295 e. The summed E-state index contributed by atoms with van der Waals surface area (Å²) in [6.45, 7) is 8.39. The Labute approximate surface area is 126 Å². The van der Waals surface area contributed by atoms with Gasteiger partial charge in [-0.15, -0.1) is 0 Å². The molecule has 21 heavy (non-hydrogen) atoms. The Morgan fingerprint density at radius 2 is 2.24 bits per heavy atom. The van der Waals surface area contributed by atoms with Crippen LogP contribution in [0.4, 0.5) is 0 Å². The Morgan fingerprint density at radius 1 is 1.33 bits per heavy atom. The first-order valence-corrected chi connectivity index (χ1v) is 7.92. The summed E-state index contributed by atoms with van der Waals surface area (Å²) >= 11 is 0. The van der Waals surface area contributed by atoms with E-state index >= 15 is 0 Å². The SMILES string of the molecule is CCn1ncnc1CN1CCC[C@@H](c2cccc(C)c2)C1. The number of piperidine rings is 1. The number of benzene rings is 1. The van der Waals surface area contributed by atoms with Crippen LogP contribution in [0.15, 0.2) is 30.6 Å². The fourth-order valence-corrected chi connectivity index (χ4v) is 3.27. The molecule has 0 bridgehead atoms. The number of aromatic nitrogens is 3. The first kappa shape index (κ1) is 14.3. The van der Waals surface area contributed by atoms with E-state index in [4.69, 9.17) is 0 Å². The van der Waals surface area contributed by atoms with Gasteiger partial charge in [-0.05, 0) is 44.7 Å². The third-order valence-electron chi connectivity index (χ3n) is 4.38. The molecule has 1 aliphatic heterocycles. The van der Waals surface area contributed by atoms with E-state index in [0.29, 0.717) is 5.92 Å². The summed E-state index contributed by atoms with van der Waals surface area (Å²) in [5.41, 5.74) is 2.84. The van der Waals surface area contributed by atoms with Crippen molar-refractivity contribution < 1.29 is 0 Å². The summed E-state index contributed by atoms with van der Waals surface area (Å²) in [7, 11) is 0. The molecule has 1 fully saturated rings. The first-order chi connectivity index (χ1) is 10.3. The van der Waals surface area contributed by atoms with Crippen molar-refractivity contribution >= 4 is 0 Å². The van der Waals surface area contributed by atoms with Crippen molar-refractivity contribution in [3.05, 3.63) is 47.5 Å². The van der Waals surface area contributed by atoms with Crippen LogP contribution in [0, 0.1) is 6.92 Å². The standard InChI is InChI=1S/C17H24N4/c1-3-21-17(18-13-19-21)12-20-9-5-8-16(11-20)15-7-4-6-14(2)10-15/h4,6-7,10,13,16H,3,5,8-9,11-12H2,1-2H3/t16-/m1/s1. The average molecular weight is 284 g/mol. The van der Waals surface area contributed by atoms with Gasteiger partial charge in [0.25, 0.3) is 0 Å². The fourth-order valence-electron chi connectivity index (χ4n) is 3.27. The van der Waals surface area contributed by atoms with Gasteiger partial charge in [0.1, 0.15) is 12.2 Å². The van der Waals surface area contributed by atoms with Crippen molar-refractivity contribution in [3.63, 3.8) is 0 Å². The number of hydrogen-bond donors (Lipinski definition) is 0. The predicted octanol–water partition coefficient (Wildman–Crippen LogP) is 2.99. The van der Waals surface area contributed by atoms with Crippen molar-refractivity contribution in [1.82, 2.24) is 19.7 Å². The van der Waals surface area contributed by atoms with Crippen LogP contribution in [-0.2, 0) is 13.1 Å². The topological polar surface area (TPSA) is 34.0 Å². The van der Waals surface area contributed by atoms with E-state index in [0.717, 1.165) is 25.5 Å². The van der Waals surface area contributed by atoms with Gasteiger partial charge < -0.3 is 0 Å². The molecule has 1 aromatic carbocycles. The highest BCUT2D eigenvalue weighted by molar-refractivity contribution is 5.26. The molecule has 1 saturated heterocycles. The molecule has 2 heterocycles. The van der Waals surface area contributed by atoms with E-state index < -0.39 is 0 Å². The quantitative estimate of drug-likeness (QED) is 0.865. The number of likely N-dealkylation sites (tertiary alicyclic amines) is 1. The molecular weight excluding hydrogens is 260 g/mol. The maximum absolute atomic E-state index is 4.40. The monoisotopic (exact) mass is 284 g/mol. The van der Waals surface area contributed by atoms with Gasteiger partial charge in [0.15, 0.2) is 0 Å². The molecule has 0 amide bonds. The maximum Gasteiger partial charge on any atom is 0.140 e. The molecule has 4 nitrogen and oxygen atoms in total. The third kappa shape index (κ3) is 3.32. The van der Waals surface area contributed by atoms with E-state index in [1.54, 1.807) is 6.33 Å². The normalized spacial score (nSPS) is 19.8. The van der Waals surface area contributed by atoms with Crippen molar-refractivity contribution in [2.75, 3.05) is 13.1 Å². The first-order valence-electron chi connectivity index (χ1n) is 7.92. The van der Waals surface area contributed by atoms with Crippen molar-refractivity contribution in [2.45, 2.75) is 45.7 Å². The molecule has 1 aliphatic rings. The van der Waals surface area contributed by atoms with Gasteiger partial charge in [-0.1, -0.05) is 29.8 Å². The van der Waals surface area contributed by atoms with E-state index in [9.17, 15) is 0 Å². The Kier molecular flexibility index (Phi) is 4.34. The van der Waals surface area contributed by atoms with Crippen LogP contribution in [-0.4, -0.2) is 32.8 Å². The molecule has 3 rings (SSSR count). The summed E-state index contributed by atoms with van der Waals surface area (Å²) in [4.78, 5) is 6.92. The lowest BCUT2D eigenvalue weighted by Crippen LogP contribution is -2.34. The lowest BCUT2D eigenvalue weighted by atomic mass is 9.90. The third-order valence-corrected chi connectivity index (χ3v) is 4.38. The van der Waals surface area contributed by atoms with Gasteiger partial charge in [-0.2, -0.15) is 5.10 Å². The van der Waals surface area contributed by atoms with E-state index in [1.807, 2.05) is 4.68 Å². The summed E-state index contributed by atoms with van der Waals surface area (Å²) < 4.78 is 2.00. The predicted molar refractivity (Wildman–Crippen MR) is 84.1 cm³/mol. The van der Waals surface area contributed by atoms with Crippen LogP contribution < -0.4 is 0 Å². The second kappa shape index (κ2) is 6.39. The highest BCUT2D eigenvalue weighted by atomic mass is 15.3. The number of hydrogen-bond acceptors (Lipinski definition) is 3. The molecular formula is C17H24N4. The van der Waals surface area contributed by atoms with Gasteiger partial charge in [0.05, 0.1) is 6.54 Å². The Hall–Kier alpha value is -1.68. The second-order valence-electron chi connectivity index (χ2n) is 5.98. The lowest BCUT2D eigenvalue weighted by molar-refractivity contribution is 0.193. The molecule has 1 aromatic heterocycles. The van der Waals surface area contributed by atoms with Gasteiger partial charge in [0.2, 0.25) is 0 Å². The van der Waals surface area contributed by atoms with Crippen LogP contribution in [0.25, 0.3) is 0 Å². The Morgan fingerprint density at radius 3 is 3.05 bits per heavy atom. The molecule has 112 valence electrons. The second-order valence-corrected chi connectivity index (χ2v) is 5.98. The zero-order chi connectivity index (χ0) is 14.7. The van der Waals surface area contributed by atoms with E-state index in [-0.39, 0.29) is 0 Å². The summed E-state index contributed by atoms with van der Waals surface area (Å²) in [6.07, 6.45) is 4.22. The van der Waals surface area contributed by atoms with Crippen LogP contribution in [0.5, 0.6) is 0 Å². The zero-order valence-electron chi connectivity index (χ0n) is 13.0. The average Bonchev–Trinajstić information content (AvgIpc) is 2.95. The highest BCUT2D eigenvalue weighted by Gasteiger charge is 2.22. The number of rotatable bonds is 4. The maximum atomic E-state index is 4.40. The minimum atomic E-state index is 0.650. The summed E-state index contributed by atoms with van der Waals surface area (Å²) in [6, 6.07) is 8.96. The molecule has 0 N–H and O–H groups in total. The summed E-state index contributed by atoms with van der Waals surface area (Å²) in [5.74, 6) is 1.74. The smallest absolute Gasteiger partial charge is 0.140 e. The van der Waals surface area contributed by atoms with Crippen LogP contribution in [0.1, 0.15) is 42.6 Å². The van der Waals surface area contributed by atoms with Crippen molar-refractivity contribution in [3.8, 4) is 0 Å². The Balaban J connectivity index is 1.68. The minimum Gasteiger partial charge on any atom is -0.295 e. The number of aryl methyl sites for hydroxylation is 2.